The van der Waals surface area contributed by atoms with Crippen LogP contribution in [-0.4, -0.2) is 16.5 Å². The van der Waals surface area contributed by atoms with E-state index >= 15 is 0 Å². The molecule has 0 aliphatic heterocycles. The zero-order valence-corrected chi connectivity index (χ0v) is 13.3. The van der Waals surface area contributed by atoms with Crippen LogP contribution in [0.25, 0.3) is 0 Å². The number of rotatable bonds is 4. The molecule has 1 aliphatic carbocycles. The SMILES string of the molecule is CCNc1nc(CC(C)(C)C)nc(C2CC2)c1Br. The van der Waals surface area contributed by atoms with Gasteiger partial charge in [0.25, 0.3) is 0 Å². The Morgan fingerprint density at radius 3 is 2.44 bits per heavy atom. The predicted octanol–water partition coefficient (Wildman–Crippen LogP) is 4.14. The molecule has 0 unspecified atom stereocenters. The summed E-state index contributed by atoms with van der Waals surface area (Å²) >= 11 is 3.65. The Morgan fingerprint density at radius 1 is 1.28 bits per heavy atom. The monoisotopic (exact) mass is 311 g/mol. The van der Waals surface area contributed by atoms with E-state index in [1.54, 1.807) is 0 Å². The maximum absolute atomic E-state index is 4.76. The molecule has 1 heterocycles. The molecular weight excluding hydrogens is 290 g/mol. The van der Waals surface area contributed by atoms with E-state index in [0.717, 1.165) is 29.1 Å². The first-order chi connectivity index (χ1) is 8.40. The van der Waals surface area contributed by atoms with Gasteiger partial charge in [-0.15, -0.1) is 0 Å². The molecule has 0 amide bonds. The minimum Gasteiger partial charge on any atom is -0.369 e. The Morgan fingerprint density at radius 2 is 1.94 bits per heavy atom. The van der Waals surface area contributed by atoms with E-state index in [4.69, 9.17) is 4.98 Å². The fourth-order valence-corrected chi connectivity index (χ4v) is 2.62. The maximum atomic E-state index is 4.76. The Balaban J connectivity index is 2.35. The standard InChI is InChI=1S/C14H22BrN3/c1-5-16-13-11(15)12(9-6-7-9)17-10(18-13)8-14(2,3)4/h9H,5-8H2,1-4H3,(H,16,17,18). The van der Waals surface area contributed by atoms with Gasteiger partial charge >= 0.3 is 0 Å². The lowest BCUT2D eigenvalue weighted by Crippen LogP contribution is -2.15. The van der Waals surface area contributed by atoms with Crippen LogP contribution in [0.3, 0.4) is 0 Å². The Hall–Kier alpha value is -0.640. The van der Waals surface area contributed by atoms with Crippen LogP contribution in [0.2, 0.25) is 0 Å². The molecule has 1 N–H and O–H groups in total. The van der Waals surface area contributed by atoms with Crippen LogP contribution in [-0.2, 0) is 6.42 Å². The topological polar surface area (TPSA) is 37.8 Å². The molecule has 1 aromatic heterocycles. The summed E-state index contributed by atoms with van der Waals surface area (Å²) in [5.41, 5.74) is 1.42. The fourth-order valence-electron chi connectivity index (χ4n) is 1.98. The minimum atomic E-state index is 0.220. The number of nitrogens with zero attached hydrogens (tertiary/aromatic N) is 2. The van der Waals surface area contributed by atoms with Crippen LogP contribution in [0.1, 0.15) is 58.0 Å². The van der Waals surface area contributed by atoms with Gasteiger partial charge in [0.1, 0.15) is 11.6 Å². The van der Waals surface area contributed by atoms with E-state index in [1.165, 1.54) is 18.5 Å². The van der Waals surface area contributed by atoms with E-state index in [2.05, 4.69) is 53.9 Å². The second kappa shape index (κ2) is 5.16. The third kappa shape index (κ3) is 3.44. The van der Waals surface area contributed by atoms with Gasteiger partial charge in [-0.1, -0.05) is 20.8 Å². The van der Waals surface area contributed by atoms with Gasteiger partial charge in [0, 0.05) is 18.9 Å². The van der Waals surface area contributed by atoms with Crippen molar-refractivity contribution >= 4 is 21.7 Å². The van der Waals surface area contributed by atoms with Crippen molar-refractivity contribution in [2.75, 3.05) is 11.9 Å². The average molecular weight is 312 g/mol. The first kappa shape index (κ1) is 13.8. The Labute approximate surface area is 118 Å². The largest absolute Gasteiger partial charge is 0.369 e. The number of hydrogen-bond donors (Lipinski definition) is 1. The van der Waals surface area contributed by atoms with Gasteiger partial charge in [-0.05, 0) is 41.1 Å². The molecule has 0 saturated heterocycles. The van der Waals surface area contributed by atoms with Gasteiger partial charge in [-0.2, -0.15) is 0 Å². The van der Waals surface area contributed by atoms with Crippen molar-refractivity contribution < 1.29 is 0 Å². The Bertz CT molecular complexity index is 433. The zero-order chi connectivity index (χ0) is 13.3. The smallest absolute Gasteiger partial charge is 0.144 e. The fraction of sp³-hybridized carbons (Fsp3) is 0.714. The number of aromatic nitrogens is 2. The molecule has 0 spiro atoms. The van der Waals surface area contributed by atoms with Crippen LogP contribution in [0.5, 0.6) is 0 Å². The summed E-state index contributed by atoms with van der Waals surface area (Å²) in [6.45, 7) is 9.65. The van der Waals surface area contributed by atoms with Crippen LogP contribution >= 0.6 is 15.9 Å². The highest BCUT2D eigenvalue weighted by molar-refractivity contribution is 9.10. The molecule has 0 bridgehead atoms. The van der Waals surface area contributed by atoms with E-state index < -0.39 is 0 Å². The summed E-state index contributed by atoms with van der Waals surface area (Å²) in [6.07, 6.45) is 3.44. The van der Waals surface area contributed by atoms with Gasteiger partial charge in [-0.3, -0.25) is 0 Å². The van der Waals surface area contributed by atoms with Crippen LogP contribution < -0.4 is 5.32 Å². The van der Waals surface area contributed by atoms with Crippen LogP contribution in [0, 0.1) is 5.41 Å². The Kier molecular flexibility index (Phi) is 3.95. The first-order valence-corrected chi connectivity index (χ1v) is 7.50. The molecule has 0 atom stereocenters. The van der Waals surface area contributed by atoms with Crippen LogP contribution in [0.15, 0.2) is 4.47 Å². The summed E-state index contributed by atoms with van der Waals surface area (Å²) in [5, 5.41) is 3.33. The van der Waals surface area contributed by atoms with Crippen molar-refractivity contribution in [3.8, 4) is 0 Å². The van der Waals surface area contributed by atoms with Crippen molar-refractivity contribution in [2.24, 2.45) is 5.41 Å². The summed E-state index contributed by atoms with van der Waals surface area (Å²) in [5.74, 6) is 2.55. The number of hydrogen-bond acceptors (Lipinski definition) is 3. The number of nitrogens with one attached hydrogen (secondary N) is 1. The minimum absolute atomic E-state index is 0.220. The molecule has 1 aromatic rings. The quantitative estimate of drug-likeness (QED) is 0.908. The van der Waals surface area contributed by atoms with Crippen molar-refractivity contribution in [1.82, 2.24) is 9.97 Å². The van der Waals surface area contributed by atoms with Gasteiger partial charge in [0.2, 0.25) is 0 Å². The molecule has 1 fully saturated rings. The van der Waals surface area contributed by atoms with E-state index in [-0.39, 0.29) is 5.41 Å². The second-order valence-electron chi connectivity index (χ2n) is 6.23. The summed E-state index contributed by atoms with van der Waals surface area (Å²) in [4.78, 5) is 9.41. The van der Waals surface area contributed by atoms with Crippen molar-refractivity contribution in [1.29, 1.82) is 0 Å². The molecule has 1 aliphatic rings. The van der Waals surface area contributed by atoms with Gasteiger partial charge in [0.15, 0.2) is 0 Å². The van der Waals surface area contributed by atoms with Crippen molar-refractivity contribution in [2.45, 2.75) is 52.9 Å². The van der Waals surface area contributed by atoms with Gasteiger partial charge in [0.05, 0.1) is 10.2 Å². The highest BCUT2D eigenvalue weighted by Crippen LogP contribution is 2.44. The van der Waals surface area contributed by atoms with Crippen molar-refractivity contribution in [3.05, 3.63) is 16.0 Å². The lowest BCUT2D eigenvalue weighted by Gasteiger charge is -2.19. The first-order valence-electron chi connectivity index (χ1n) is 6.71. The van der Waals surface area contributed by atoms with Crippen molar-refractivity contribution in [3.63, 3.8) is 0 Å². The molecule has 18 heavy (non-hydrogen) atoms. The molecule has 1 saturated carbocycles. The molecule has 0 radical (unpaired) electrons. The predicted molar refractivity (Wildman–Crippen MR) is 79.0 cm³/mol. The van der Waals surface area contributed by atoms with E-state index in [1.807, 2.05) is 0 Å². The molecule has 4 heteroatoms. The summed E-state index contributed by atoms with van der Waals surface area (Å²) in [7, 11) is 0. The van der Waals surface area contributed by atoms with E-state index in [0.29, 0.717) is 5.92 Å². The summed E-state index contributed by atoms with van der Waals surface area (Å²) < 4.78 is 1.06. The maximum Gasteiger partial charge on any atom is 0.144 e. The number of anilines is 1. The highest BCUT2D eigenvalue weighted by Gasteiger charge is 2.29. The lowest BCUT2D eigenvalue weighted by atomic mass is 9.92. The molecule has 3 nitrogen and oxygen atoms in total. The third-order valence-electron chi connectivity index (χ3n) is 2.92. The highest BCUT2D eigenvalue weighted by atomic mass is 79.9. The molecule has 2 rings (SSSR count). The second-order valence-corrected chi connectivity index (χ2v) is 7.02. The molecule has 0 aromatic carbocycles. The normalized spacial score (nSPS) is 15.8. The third-order valence-corrected chi connectivity index (χ3v) is 3.70. The van der Waals surface area contributed by atoms with E-state index in [9.17, 15) is 0 Å². The van der Waals surface area contributed by atoms with Gasteiger partial charge < -0.3 is 5.32 Å². The summed E-state index contributed by atoms with van der Waals surface area (Å²) in [6, 6.07) is 0. The average Bonchev–Trinajstić information content (AvgIpc) is 3.04. The number of halogens is 1. The lowest BCUT2D eigenvalue weighted by molar-refractivity contribution is 0.400. The zero-order valence-electron chi connectivity index (χ0n) is 11.7. The van der Waals surface area contributed by atoms with Crippen LogP contribution in [0.4, 0.5) is 5.82 Å². The molecular formula is C14H22BrN3. The van der Waals surface area contributed by atoms with Gasteiger partial charge in [-0.25, -0.2) is 9.97 Å². The molecule has 100 valence electrons.